The summed E-state index contributed by atoms with van der Waals surface area (Å²) in [6.07, 6.45) is 2.25. The minimum Gasteiger partial charge on any atom is -0.444 e. The van der Waals surface area contributed by atoms with E-state index < -0.39 is 5.60 Å². The molecule has 0 saturated carbocycles. The van der Waals surface area contributed by atoms with Crippen molar-refractivity contribution in [1.29, 1.82) is 0 Å². The molecule has 1 aromatic heterocycles. The lowest BCUT2D eigenvalue weighted by Gasteiger charge is -2.31. The first kappa shape index (κ1) is 17.6. The highest BCUT2D eigenvalue weighted by atomic mass is 16.6. The molecule has 0 bridgehead atoms. The van der Waals surface area contributed by atoms with E-state index in [9.17, 15) is 14.7 Å². The lowest BCUT2D eigenvalue weighted by molar-refractivity contribution is -0.117. The van der Waals surface area contributed by atoms with Gasteiger partial charge in [0, 0.05) is 50.2 Å². The number of rotatable bonds is 2. The molecule has 0 spiro atoms. The van der Waals surface area contributed by atoms with Gasteiger partial charge in [0.05, 0.1) is 12.2 Å². The maximum atomic E-state index is 12.2. The number of anilines is 1. The zero-order valence-electron chi connectivity index (χ0n) is 14.9. The van der Waals surface area contributed by atoms with E-state index >= 15 is 0 Å². The van der Waals surface area contributed by atoms with E-state index in [2.05, 4.69) is 9.97 Å². The standard InChI is InChI=1S/C17H24N4O4/c1-17(2,3)25-16(24)20-5-4-13-12(9-20)7-18-15(19-13)21-8-11(10-22)6-14(21)23/h7,11,22H,4-6,8-10H2,1-3H3. The molecular weight excluding hydrogens is 324 g/mol. The second-order valence-electron chi connectivity index (χ2n) is 7.55. The van der Waals surface area contributed by atoms with E-state index in [-0.39, 0.29) is 24.5 Å². The van der Waals surface area contributed by atoms with Gasteiger partial charge in [-0.05, 0) is 20.8 Å². The Hall–Kier alpha value is -2.22. The van der Waals surface area contributed by atoms with Crippen LogP contribution in [0.2, 0.25) is 0 Å². The number of ether oxygens (including phenoxy) is 1. The van der Waals surface area contributed by atoms with Crippen molar-refractivity contribution >= 4 is 17.9 Å². The van der Waals surface area contributed by atoms with Gasteiger partial charge in [0.15, 0.2) is 0 Å². The number of hydrogen-bond acceptors (Lipinski definition) is 6. The molecule has 0 radical (unpaired) electrons. The zero-order chi connectivity index (χ0) is 18.2. The molecule has 2 aliphatic heterocycles. The second kappa shape index (κ2) is 6.59. The molecule has 2 aliphatic rings. The van der Waals surface area contributed by atoms with Crippen molar-refractivity contribution in [1.82, 2.24) is 14.9 Å². The Morgan fingerprint density at radius 2 is 2.20 bits per heavy atom. The van der Waals surface area contributed by atoms with Gasteiger partial charge in [-0.15, -0.1) is 0 Å². The zero-order valence-corrected chi connectivity index (χ0v) is 14.9. The van der Waals surface area contributed by atoms with Gasteiger partial charge < -0.3 is 14.7 Å². The van der Waals surface area contributed by atoms with Gasteiger partial charge in [0.2, 0.25) is 11.9 Å². The molecule has 3 heterocycles. The normalized spacial score (nSPS) is 20.6. The van der Waals surface area contributed by atoms with Gasteiger partial charge >= 0.3 is 6.09 Å². The number of nitrogens with zero attached hydrogens (tertiary/aromatic N) is 4. The fourth-order valence-corrected chi connectivity index (χ4v) is 3.02. The highest BCUT2D eigenvalue weighted by Crippen LogP contribution is 2.25. The highest BCUT2D eigenvalue weighted by Gasteiger charge is 2.33. The average Bonchev–Trinajstić information content (AvgIpc) is 2.93. The number of carbonyl (C=O) groups is 2. The molecule has 1 fully saturated rings. The molecular formula is C17H24N4O4. The summed E-state index contributed by atoms with van der Waals surface area (Å²) < 4.78 is 5.41. The minimum atomic E-state index is -0.531. The molecule has 1 unspecified atom stereocenters. The first-order valence-electron chi connectivity index (χ1n) is 8.51. The van der Waals surface area contributed by atoms with Crippen molar-refractivity contribution in [2.75, 3.05) is 24.6 Å². The fraction of sp³-hybridized carbons (Fsp3) is 0.647. The molecule has 1 atom stereocenters. The van der Waals surface area contributed by atoms with Crippen LogP contribution in [0.15, 0.2) is 6.20 Å². The first-order valence-corrected chi connectivity index (χ1v) is 8.51. The average molecular weight is 348 g/mol. The van der Waals surface area contributed by atoms with Crippen LogP contribution in [0, 0.1) is 5.92 Å². The Morgan fingerprint density at radius 3 is 2.84 bits per heavy atom. The minimum absolute atomic E-state index is 0.0158. The number of fused-ring (bicyclic) bond motifs is 1. The van der Waals surface area contributed by atoms with Crippen molar-refractivity contribution < 1.29 is 19.4 Å². The van der Waals surface area contributed by atoms with Crippen molar-refractivity contribution in [2.24, 2.45) is 5.92 Å². The predicted octanol–water partition coefficient (Wildman–Crippen LogP) is 1.11. The van der Waals surface area contributed by atoms with Crippen molar-refractivity contribution in [3.05, 3.63) is 17.5 Å². The Labute approximate surface area is 146 Å². The van der Waals surface area contributed by atoms with E-state index in [1.165, 1.54) is 4.90 Å². The molecule has 2 amide bonds. The van der Waals surface area contributed by atoms with E-state index in [1.54, 1.807) is 11.1 Å². The number of hydrogen-bond donors (Lipinski definition) is 1. The van der Waals surface area contributed by atoms with Gasteiger partial charge in [-0.1, -0.05) is 0 Å². The molecule has 136 valence electrons. The van der Waals surface area contributed by atoms with E-state index in [1.807, 2.05) is 20.8 Å². The monoisotopic (exact) mass is 348 g/mol. The molecule has 25 heavy (non-hydrogen) atoms. The van der Waals surface area contributed by atoms with Crippen LogP contribution in [0.5, 0.6) is 0 Å². The summed E-state index contributed by atoms with van der Waals surface area (Å²) in [7, 11) is 0. The maximum Gasteiger partial charge on any atom is 0.410 e. The number of aromatic nitrogens is 2. The lowest BCUT2D eigenvalue weighted by atomic mass is 10.1. The number of carbonyl (C=O) groups excluding carboxylic acids is 2. The Morgan fingerprint density at radius 1 is 1.44 bits per heavy atom. The smallest absolute Gasteiger partial charge is 0.410 e. The third-order valence-corrected chi connectivity index (χ3v) is 4.28. The van der Waals surface area contributed by atoms with Gasteiger partial charge in [-0.2, -0.15) is 0 Å². The fourth-order valence-electron chi connectivity index (χ4n) is 3.02. The molecule has 8 nitrogen and oxygen atoms in total. The largest absolute Gasteiger partial charge is 0.444 e. The molecule has 0 aromatic carbocycles. The predicted molar refractivity (Wildman–Crippen MR) is 89.9 cm³/mol. The third kappa shape index (κ3) is 3.89. The summed E-state index contributed by atoms with van der Waals surface area (Å²) in [5.74, 6) is 0.255. The van der Waals surface area contributed by atoms with Crippen LogP contribution in [-0.4, -0.2) is 57.3 Å². The Bertz CT molecular complexity index is 686. The molecule has 3 rings (SSSR count). The van der Waals surface area contributed by atoms with E-state index in [0.717, 1.165) is 11.3 Å². The first-order chi connectivity index (χ1) is 11.8. The van der Waals surface area contributed by atoms with Crippen LogP contribution < -0.4 is 4.90 Å². The van der Waals surface area contributed by atoms with Crippen LogP contribution in [0.25, 0.3) is 0 Å². The van der Waals surface area contributed by atoms with E-state index in [4.69, 9.17) is 4.74 Å². The van der Waals surface area contributed by atoms with Crippen molar-refractivity contribution in [3.63, 3.8) is 0 Å². The molecule has 1 saturated heterocycles. The quantitative estimate of drug-likeness (QED) is 0.860. The van der Waals surface area contributed by atoms with Crippen molar-refractivity contribution in [2.45, 2.75) is 45.8 Å². The Kier molecular flexibility index (Phi) is 4.64. The van der Waals surface area contributed by atoms with Crippen molar-refractivity contribution in [3.8, 4) is 0 Å². The van der Waals surface area contributed by atoms with Crippen LogP contribution in [-0.2, 0) is 22.5 Å². The summed E-state index contributed by atoms with van der Waals surface area (Å²) in [6.45, 7) is 6.86. The summed E-state index contributed by atoms with van der Waals surface area (Å²) in [5, 5.41) is 9.23. The molecule has 1 N–H and O–H groups in total. The van der Waals surface area contributed by atoms with Gasteiger partial charge in [0.1, 0.15) is 5.60 Å². The number of aliphatic hydroxyl groups excluding tert-OH is 1. The maximum absolute atomic E-state index is 12.2. The molecule has 1 aromatic rings. The Balaban J connectivity index is 1.72. The molecule has 0 aliphatic carbocycles. The summed E-state index contributed by atoms with van der Waals surface area (Å²) in [5.41, 5.74) is 1.19. The number of amides is 2. The SMILES string of the molecule is CC(C)(C)OC(=O)N1CCc2nc(N3CC(CO)CC3=O)ncc2C1. The molecule has 8 heteroatoms. The summed E-state index contributed by atoms with van der Waals surface area (Å²) in [4.78, 5) is 36.2. The second-order valence-corrected chi connectivity index (χ2v) is 7.55. The highest BCUT2D eigenvalue weighted by molar-refractivity contribution is 5.94. The van der Waals surface area contributed by atoms with Crippen LogP contribution >= 0.6 is 0 Å². The van der Waals surface area contributed by atoms with Crippen LogP contribution in [0.3, 0.4) is 0 Å². The topological polar surface area (TPSA) is 95.9 Å². The van der Waals surface area contributed by atoms with Crippen LogP contribution in [0.4, 0.5) is 10.7 Å². The van der Waals surface area contributed by atoms with E-state index in [0.29, 0.717) is 38.4 Å². The van der Waals surface area contributed by atoms with Crippen LogP contribution in [0.1, 0.15) is 38.4 Å². The van der Waals surface area contributed by atoms with Gasteiger partial charge in [-0.3, -0.25) is 9.69 Å². The third-order valence-electron chi connectivity index (χ3n) is 4.28. The van der Waals surface area contributed by atoms with Gasteiger partial charge in [0.25, 0.3) is 0 Å². The van der Waals surface area contributed by atoms with Gasteiger partial charge in [-0.25, -0.2) is 14.8 Å². The number of aliphatic hydroxyl groups is 1. The summed E-state index contributed by atoms with van der Waals surface area (Å²) >= 11 is 0. The summed E-state index contributed by atoms with van der Waals surface area (Å²) in [6, 6.07) is 0. The lowest BCUT2D eigenvalue weighted by Crippen LogP contribution is -2.40.